The molecule has 0 N–H and O–H groups in total. The van der Waals surface area contributed by atoms with Gasteiger partial charge >= 0.3 is 0 Å². The smallest absolute Gasteiger partial charge is 0.198 e. The number of aromatic nitrogens is 2. The van der Waals surface area contributed by atoms with E-state index in [2.05, 4.69) is 157 Å². The highest BCUT2D eigenvalue weighted by Gasteiger charge is 2.60. The Hall–Kier alpha value is -3.26. The van der Waals surface area contributed by atoms with Crippen LogP contribution in [0.5, 0.6) is 0 Å². The van der Waals surface area contributed by atoms with E-state index in [0.29, 0.717) is 5.92 Å². The maximum atomic E-state index is 2.76. The lowest BCUT2D eigenvalue weighted by atomic mass is 9.56. The van der Waals surface area contributed by atoms with Gasteiger partial charge in [-0.15, -0.1) is 0 Å². The summed E-state index contributed by atoms with van der Waals surface area (Å²) in [5.41, 5.74) is 12.0. The van der Waals surface area contributed by atoms with Crippen molar-refractivity contribution in [3.05, 3.63) is 107 Å². The monoisotopic (exact) mass is 642 g/mol. The average Bonchev–Trinajstić information content (AvgIpc) is 3.20. The van der Waals surface area contributed by atoms with E-state index in [1.807, 2.05) is 0 Å². The third-order valence-electron chi connectivity index (χ3n) is 13.8. The normalized spacial score (nSPS) is 22.5. The Morgan fingerprint density at radius 1 is 0.667 bits per heavy atom. The van der Waals surface area contributed by atoms with Crippen LogP contribution in [0.1, 0.15) is 129 Å². The Morgan fingerprint density at radius 2 is 1.31 bits per heavy atom. The molecule has 0 saturated heterocycles. The Kier molecular flexibility index (Phi) is 9.53. The topological polar surface area (TPSA) is 7.76 Å². The van der Waals surface area contributed by atoms with Crippen molar-refractivity contribution in [2.24, 2.45) is 11.3 Å². The first-order chi connectivity index (χ1) is 23.0. The summed E-state index contributed by atoms with van der Waals surface area (Å²) in [6.45, 7) is 24.3. The highest BCUT2D eigenvalue weighted by atomic mass is 15.0. The van der Waals surface area contributed by atoms with Crippen molar-refractivity contribution in [3.63, 3.8) is 0 Å². The molecule has 0 amide bonds. The second-order valence-electron chi connectivity index (χ2n) is 16.6. The molecule has 0 fully saturated rings. The van der Waals surface area contributed by atoms with Gasteiger partial charge < -0.3 is 0 Å². The lowest BCUT2D eigenvalue weighted by Crippen LogP contribution is -2.57. The van der Waals surface area contributed by atoms with Gasteiger partial charge in [0.05, 0.1) is 11.0 Å². The molecule has 3 unspecified atom stereocenters. The molecule has 2 aliphatic rings. The number of benzene rings is 2. The minimum absolute atomic E-state index is 0.0197. The minimum Gasteiger partial charge on any atom is -0.198 e. The van der Waals surface area contributed by atoms with E-state index in [-0.39, 0.29) is 21.7 Å². The van der Waals surface area contributed by atoms with Gasteiger partial charge in [-0.3, -0.25) is 0 Å². The van der Waals surface area contributed by atoms with Crippen molar-refractivity contribution < 1.29 is 9.13 Å². The fourth-order valence-corrected chi connectivity index (χ4v) is 10.1. The number of nitrogens with zero attached hydrogens (tertiary/aromatic N) is 2. The summed E-state index contributed by atoms with van der Waals surface area (Å²) in [6.07, 6.45) is 14.7. The predicted octanol–water partition coefficient (Wildman–Crippen LogP) is 11.2. The molecule has 2 aromatic heterocycles. The van der Waals surface area contributed by atoms with Gasteiger partial charge in [0, 0.05) is 35.7 Å². The highest BCUT2D eigenvalue weighted by Crippen LogP contribution is 2.65. The molecule has 3 heterocycles. The molecule has 2 heteroatoms. The molecular weight excluding hydrogens is 581 g/mol. The molecule has 4 aromatic rings. The molecule has 48 heavy (non-hydrogen) atoms. The zero-order valence-corrected chi connectivity index (χ0v) is 31.6. The van der Waals surface area contributed by atoms with Crippen molar-refractivity contribution in [1.29, 1.82) is 0 Å². The van der Waals surface area contributed by atoms with Crippen molar-refractivity contribution >= 4 is 0 Å². The van der Waals surface area contributed by atoms with Gasteiger partial charge in [0.2, 0.25) is 11.4 Å². The summed E-state index contributed by atoms with van der Waals surface area (Å²) in [4.78, 5) is 0. The Balaban J connectivity index is 1.56. The first kappa shape index (κ1) is 34.6. The van der Waals surface area contributed by atoms with Gasteiger partial charge in [0.15, 0.2) is 25.5 Å². The lowest BCUT2D eigenvalue weighted by molar-refractivity contribution is -0.713. The number of fused-ring (bicyclic) bond motifs is 4. The fourth-order valence-electron chi connectivity index (χ4n) is 10.1. The van der Waals surface area contributed by atoms with E-state index < -0.39 is 0 Å². The molecule has 6 rings (SSSR count). The third-order valence-corrected chi connectivity index (χ3v) is 13.8. The predicted molar refractivity (Wildman–Crippen MR) is 202 cm³/mol. The first-order valence-corrected chi connectivity index (χ1v) is 19.2. The molecule has 2 aromatic carbocycles. The zero-order valence-electron chi connectivity index (χ0n) is 31.6. The molecule has 2 nitrogen and oxygen atoms in total. The van der Waals surface area contributed by atoms with Gasteiger partial charge in [-0.2, -0.15) is 9.13 Å². The van der Waals surface area contributed by atoms with Crippen LogP contribution < -0.4 is 9.13 Å². The third kappa shape index (κ3) is 5.37. The van der Waals surface area contributed by atoms with Crippen molar-refractivity contribution in [1.82, 2.24) is 0 Å². The number of pyridine rings is 2. The lowest BCUT2D eigenvalue weighted by Gasteiger charge is -2.48. The molecule has 0 radical (unpaired) electrons. The van der Waals surface area contributed by atoms with Crippen molar-refractivity contribution in [2.75, 3.05) is 0 Å². The van der Waals surface area contributed by atoms with Crippen LogP contribution in [0.4, 0.5) is 0 Å². The van der Waals surface area contributed by atoms with Crippen LogP contribution in [0, 0.1) is 18.3 Å². The van der Waals surface area contributed by atoms with E-state index >= 15 is 0 Å². The number of aryl methyl sites for hydroxylation is 1. The van der Waals surface area contributed by atoms with Crippen LogP contribution in [-0.2, 0) is 29.3 Å². The van der Waals surface area contributed by atoms with Crippen molar-refractivity contribution in [3.8, 4) is 22.5 Å². The highest BCUT2D eigenvalue weighted by molar-refractivity contribution is 5.70. The molecule has 0 saturated carbocycles. The number of hydrogen-bond acceptors (Lipinski definition) is 0. The Bertz CT molecular complexity index is 1760. The van der Waals surface area contributed by atoms with E-state index in [9.17, 15) is 0 Å². The van der Waals surface area contributed by atoms with Crippen molar-refractivity contribution in [2.45, 2.75) is 143 Å². The summed E-state index contributed by atoms with van der Waals surface area (Å²) < 4.78 is 5.18. The summed E-state index contributed by atoms with van der Waals surface area (Å²) in [5, 5.41) is 0. The molecule has 3 atom stereocenters. The minimum atomic E-state index is 0.0197. The largest absolute Gasteiger partial charge is 0.212 e. The van der Waals surface area contributed by atoms with Crippen LogP contribution in [0.15, 0.2) is 85.2 Å². The molecule has 1 aliphatic carbocycles. The maximum Gasteiger partial charge on any atom is 0.212 e. The van der Waals surface area contributed by atoms with Crippen LogP contribution in [-0.4, -0.2) is 0 Å². The summed E-state index contributed by atoms with van der Waals surface area (Å²) in [6, 6.07) is 28.0. The number of hydrogen-bond donors (Lipinski definition) is 0. The first-order valence-electron chi connectivity index (χ1n) is 19.2. The van der Waals surface area contributed by atoms with Gasteiger partial charge in [-0.05, 0) is 89.0 Å². The quantitative estimate of drug-likeness (QED) is 0.107. The van der Waals surface area contributed by atoms with Gasteiger partial charge in [-0.25, -0.2) is 0 Å². The Labute approximate surface area is 292 Å². The van der Waals surface area contributed by atoms with E-state index in [1.54, 1.807) is 16.7 Å². The summed E-state index contributed by atoms with van der Waals surface area (Å²) >= 11 is 0. The average molecular weight is 643 g/mol. The molecule has 0 spiro atoms. The maximum absolute atomic E-state index is 2.76. The summed E-state index contributed by atoms with van der Waals surface area (Å²) in [7, 11) is 0. The van der Waals surface area contributed by atoms with Crippen LogP contribution in [0.2, 0.25) is 0 Å². The standard InChI is InChI=1S/C46H62N2/c1-10-13-19-27-45(9)43(5,6)39-30-37-38(31-40(39)44(45,7)8)46(12-3,33-48-29-21-18-26-42(37)48)35(23-14-11-2)32-47-28-20-17-25-41(47)36-24-16-15-22-34(36)4/h15-18,20-22,24-26,28-31,35H,10-14,19,23,27,32-33H2,1-9H3/q+2. The molecule has 0 bridgehead atoms. The molecule has 1 aliphatic heterocycles. The van der Waals surface area contributed by atoms with Crippen LogP contribution in [0.3, 0.4) is 0 Å². The summed E-state index contributed by atoms with van der Waals surface area (Å²) in [5.74, 6) is 0.490. The molecule has 254 valence electrons. The zero-order chi connectivity index (χ0) is 34.3. The second kappa shape index (κ2) is 13.2. The van der Waals surface area contributed by atoms with Crippen LogP contribution >= 0.6 is 0 Å². The van der Waals surface area contributed by atoms with Gasteiger partial charge in [-0.1, -0.05) is 112 Å². The van der Waals surface area contributed by atoms with E-state index in [1.165, 1.54) is 73.0 Å². The number of unbranched alkanes of at least 4 members (excludes halogenated alkanes) is 3. The Morgan fingerprint density at radius 3 is 2.00 bits per heavy atom. The number of rotatable bonds is 12. The van der Waals surface area contributed by atoms with Gasteiger partial charge in [0.25, 0.3) is 0 Å². The SMILES string of the molecule is CCCCCC1(C)C(C)(C)c2cc3c(cc2C1(C)C)C(CC)(C(CCCC)C[n+]1ccccc1-c1ccccc1C)C[n+]1ccccc1-3. The van der Waals surface area contributed by atoms with Gasteiger partial charge in [0.1, 0.15) is 0 Å². The molecular formula is C46H62N2+2. The van der Waals surface area contributed by atoms with Crippen LogP contribution in [0.25, 0.3) is 22.5 Å². The second-order valence-corrected chi connectivity index (χ2v) is 16.6. The fraction of sp³-hybridized carbons (Fsp3) is 0.522. The van der Waals surface area contributed by atoms with E-state index in [0.717, 1.165) is 19.5 Å². The van der Waals surface area contributed by atoms with E-state index in [4.69, 9.17) is 0 Å².